The Labute approximate surface area is 250 Å². The summed E-state index contributed by atoms with van der Waals surface area (Å²) in [5.41, 5.74) is 0.646. The maximum absolute atomic E-state index is 13.1. The number of halogens is 5. The second kappa shape index (κ2) is 13.9. The van der Waals surface area contributed by atoms with Crippen LogP contribution >= 0.6 is 69.8 Å². The molecule has 2 amide bonds. The molecule has 0 spiro atoms. The van der Waals surface area contributed by atoms with Crippen LogP contribution in [0.4, 0.5) is 5.69 Å². The first-order valence-electron chi connectivity index (χ1n) is 11.4. The Morgan fingerprint density at radius 2 is 1.74 bits per heavy atom. The van der Waals surface area contributed by atoms with E-state index in [2.05, 4.69) is 27.4 Å². The Hall–Kier alpha value is -1.94. The molecule has 0 aliphatic carbocycles. The Morgan fingerprint density at radius 3 is 2.39 bits per heavy atom. The molecule has 13 heteroatoms. The maximum atomic E-state index is 13.1. The minimum absolute atomic E-state index is 0.0213. The summed E-state index contributed by atoms with van der Waals surface area (Å²) in [6, 6.07) is 7.16. The number of carbonyl (C=O) groups excluding carboxylic acids is 2. The molecule has 2 N–H and O–H groups in total. The number of nitrogens with one attached hydrogen (secondary N) is 2. The average molecular weight is 636 g/mol. The topological polar surface area (TPSA) is 88.9 Å². The van der Waals surface area contributed by atoms with E-state index in [-0.39, 0.29) is 43.6 Å². The van der Waals surface area contributed by atoms with Crippen LogP contribution < -0.4 is 10.6 Å². The van der Waals surface area contributed by atoms with Crippen LogP contribution in [0.5, 0.6) is 0 Å². The summed E-state index contributed by atoms with van der Waals surface area (Å²) in [7, 11) is 0. The summed E-state index contributed by atoms with van der Waals surface area (Å²) in [4.78, 5) is 25.7. The van der Waals surface area contributed by atoms with Crippen molar-refractivity contribution in [2.24, 2.45) is 5.92 Å². The van der Waals surface area contributed by atoms with Gasteiger partial charge in [0.2, 0.25) is 5.91 Å². The van der Waals surface area contributed by atoms with Gasteiger partial charge in [-0.25, -0.2) is 0 Å². The van der Waals surface area contributed by atoms with Gasteiger partial charge in [-0.2, -0.15) is 0 Å². The Balaban J connectivity index is 1.79. The zero-order chi connectivity index (χ0) is 28.0. The van der Waals surface area contributed by atoms with Gasteiger partial charge in [-0.15, -0.1) is 16.8 Å². The molecule has 0 fully saturated rings. The highest BCUT2D eigenvalue weighted by molar-refractivity contribution is 7.99. The number of aromatic nitrogens is 3. The number of hydrogen-bond donors (Lipinski definition) is 2. The summed E-state index contributed by atoms with van der Waals surface area (Å²) in [5, 5.41) is 16.4. The predicted octanol–water partition coefficient (Wildman–Crippen LogP) is 7.98. The molecule has 202 valence electrons. The highest BCUT2D eigenvalue weighted by Gasteiger charge is 2.25. The van der Waals surface area contributed by atoms with Gasteiger partial charge in [-0.3, -0.25) is 9.59 Å². The van der Waals surface area contributed by atoms with Crippen molar-refractivity contribution in [3.63, 3.8) is 0 Å². The van der Waals surface area contributed by atoms with E-state index in [4.69, 9.17) is 58.0 Å². The minimum atomic E-state index is -0.472. The largest absolute Gasteiger partial charge is 0.342 e. The lowest BCUT2D eigenvalue weighted by atomic mass is 10.0. The van der Waals surface area contributed by atoms with Gasteiger partial charge in [0, 0.05) is 11.6 Å². The van der Waals surface area contributed by atoms with Crippen molar-refractivity contribution in [1.29, 1.82) is 0 Å². The predicted molar refractivity (Wildman–Crippen MR) is 157 cm³/mol. The second-order valence-electron chi connectivity index (χ2n) is 8.60. The summed E-state index contributed by atoms with van der Waals surface area (Å²) < 4.78 is 1.81. The Morgan fingerprint density at radius 1 is 1.03 bits per heavy atom. The van der Waals surface area contributed by atoms with Crippen molar-refractivity contribution in [3.8, 4) is 0 Å². The standard InChI is InChI=1S/C25H24Cl5N5O2S/c1-4-7-35-23(21(8-13(2)3)32-24(37)15-6-5-14(26)9-16(15)27)33-34-25(35)38-12-22(36)31-20-11-18(29)17(28)10-19(20)30/h4-6,9-11,13,21H,1,7-8,12H2,2-3H3,(H,31,36)(H,32,37)/t21-/m0/s1. The number of allylic oxidation sites excluding steroid dienone is 1. The second-order valence-corrected chi connectivity index (χ2v) is 11.6. The van der Waals surface area contributed by atoms with Gasteiger partial charge in [-0.1, -0.05) is 89.7 Å². The SMILES string of the molecule is C=CCn1c(SCC(=O)Nc2cc(Cl)c(Cl)cc2Cl)nnc1[C@H](CC(C)C)NC(=O)c1ccc(Cl)cc1Cl. The van der Waals surface area contributed by atoms with E-state index >= 15 is 0 Å². The van der Waals surface area contributed by atoms with Crippen LogP contribution in [0.3, 0.4) is 0 Å². The molecule has 0 aliphatic rings. The normalized spacial score (nSPS) is 11.9. The molecule has 0 radical (unpaired) electrons. The molecule has 38 heavy (non-hydrogen) atoms. The zero-order valence-corrected chi connectivity index (χ0v) is 25.0. The van der Waals surface area contributed by atoms with Gasteiger partial charge in [0.15, 0.2) is 11.0 Å². The molecule has 1 atom stereocenters. The fourth-order valence-electron chi connectivity index (χ4n) is 3.51. The third kappa shape index (κ3) is 8.04. The fourth-order valence-corrected chi connectivity index (χ4v) is 5.35. The van der Waals surface area contributed by atoms with E-state index in [0.29, 0.717) is 40.2 Å². The molecule has 3 rings (SSSR count). The number of thioether (sulfide) groups is 1. The number of carbonyl (C=O) groups is 2. The van der Waals surface area contributed by atoms with Crippen LogP contribution in [0.1, 0.15) is 42.5 Å². The van der Waals surface area contributed by atoms with E-state index in [9.17, 15) is 9.59 Å². The van der Waals surface area contributed by atoms with E-state index < -0.39 is 6.04 Å². The van der Waals surface area contributed by atoms with Gasteiger partial charge >= 0.3 is 0 Å². The van der Waals surface area contributed by atoms with E-state index in [1.54, 1.807) is 18.2 Å². The quantitative estimate of drug-likeness (QED) is 0.127. The summed E-state index contributed by atoms with van der Waals surface area (Å²) in [6.45, 7) is 8.27. The smallest absolute Gasteiger partial charge is 0.253 e. The molecule has 2 aromatic carbocycles. The molecule has 0 unspecified atom stereocenters. The van der Waals surface area contributed by atoms with Crippen LogP contribution in [0.15, 0.2) is 48.1 Å². The van der Waals surface area contributed by atoms with Gasteiger partial charge in [-0.05, 0) is 42.7 Å². The first kappa shape index (κ1) is 30.6. The third-order valence-corrected chi connectivity index (χ3v) is 7.72. The lowest BCUT2D eigenvalue weighted by Gasteiger charge is -2.21. The maximum Gasteiger partial charge on any atom is 0.253 e. The number of anilines is 1. The number of benzene rings is 2. The molecule has 1 aromatic heterocycles. The number of hydrogen-bond acceptors (Lipinski definition) is 5. The van der Waals surface area contributed by atoms with Crippen LogP contribution in [-0.2, 0) is 11.3 Å². The molecule has 0 bridgehead atoms. The van der Waals surface area contributed by atoms with Crippen LogP contribution in [0.2, 0.25) is 25.1 Å². The Kier molecular flexibility index (Phi) is 11.2. The van der Waals surface area contributed by atoms with E-state index in [1.165, 1.54) is 30.0 Å². The molecule has 1 heterocycles. The van der Waals surface area contributed by atoms with Gasteiger partial charge < -0.3 is 15.2 Å². The van der Waals surface area contributed by atoms with E-state index in [0.717, 1.165) is 0 Å². The third-order valence-electron chi connectivity index (χ3n) is 5.17. The molecule has 3 aromatic rings. The van der Waals surface area contributed by atoms with Crippen LogP contribution in [0, 0.1) is 5.92 Å². The summed E-state index contributed by atoms with van der Waals surface area (Å²) >= 11 is 31.5. The van der Waals surface area contributed by atoms with Crippen LogP contribution in [-0.4, -0.2) is 32.3 Å². The first-order chi connectivity index (χ1) is 18.0. The van der Waals surface area contributed by atoms with Crippen molar-refractivity contribution in [3.05, 3.63) is 79.5 Å². The fraction of sp³-hybridized carbons (Fsp3) is 0.280. The lowest BCUT2D eigenvalue weighted by molar-refractivity contribution is -0.113. The lowest BCUT2D eigenvalue weighted by Crippen LogP contribution is -2.32. The summed E-state index contributed by atoms with van der Waals surface area (Å²) in [6.07, 6.45) is 2.28. The highest BCUT2D eigenvalue weighted by atomic mass is 35.5. The van der Waals surface area contributed by atoms with E-state index in [1.807, 2.05) is 18.4 Å². The molecule has 7 nitrogen and oxygen atoms in total. The minimum Gasteiger partial charge on any atom is -0.342 e. The summed E-state index contributed by atoms with van der Waals surface area (Å²) in [5.74, 6) is 0.0973. The van der Waals surface area contributed by atoms with Crippen molar-refractivity contribution in [1.82, 2.24) is 20.1 Å². The first-order valence-corrected chi connectivity index (χ1v) is 14.2. The molecule has 0 aliphatic heterocycles. The molecular formula is C25H24Cl5N5O2S. The number of amides is 2. The number of nitrogens with zero attached hydrogens (tertiary/aromatic N) is 3. The van der Waals surface area contributed by atoms with Crippen molar-refractivity contribution in [2.75, 3.05) is 11.1 Å². The molecule has 0 saturated carbocycles. The van der Waals surface area contributed by atoms with Crippen LogP contribution in [0.25, 0.3) is 0 Å². The van der Waals surface area contributed by atoms with Gasteiger partial charge in [0.25, 0.3) is 5.91 Å². The van der Waals surface area contributed by atoms with Crippen molar-refractivity contribution < 1.29 is 9.59 Å². The monoisotopic (exact) mass is 633 g/mol. The molecular weight excluding hydrogens is 612 g/mol. The van der Waals surface area contributed by atoms with Crippen molar-refractivity contribution >= 4 is 87.3 Å². The highest BCUT2D eigenvalue weighted by Crippen LogP contribution is 2.33. The number of rotatable bonds is 11. The Bertz CT molecular complexity index is 1350. The van der Waals surface area contributed by atoms with Crippen molar-refractivity contribution in [2.45, 2.75) is 38.0 Å². The van der Waals surface area contributed by atoms with Gasteiger partial charge in [0.05, 0.1) is 43.1 Å². The zero-order valence-electron chi connectivity index (χ0n) is 20.4. The van der Waals surface area contributed by atoms with Gasteiger partial charge in [0.1, 0.15) is 0 Å². The molecule has 0 saturated heterocycles. The average Bonchev–Trinajstić information content (AvgIpc) is 3.23.